The minimum atomic E-state index is -0.602. The van der Waals surface area contributed by atoms with Gasteiger partial charge in [-0.2, -0.15) is 0 Å². The Morgan fingerprint density at radius 1 is 0.850 bits per heavy atom. The van der Waals surface area contributed by atoms with Gasteiger partial charge in [-0.05, 0) is 29.3 Å². The molecule has 0 unspecified atom stereocenters. The number of fused-ring (bicyclic) bond motifs is 1. The Balaban J connectivity index is 0.000000340. The molecule has 0 spiro atoms. The van der Waals surface area contributed by atoms with E-state index in [1.165, 1.54) is 40.6 Å². The van der Waals surface area contributed by atoms with Gasteiger partial charge in [0.1, 0.15) is 5.33 Å². The molecule has 0 aliphatic carbocycles. The lowest BCUT2D eigenvalue weighted by atomic mass is 10.0. The zero-order valence-electron chi connectivity index (χ0n) is 22.2. The average Bonchev–Trinajstić information content (AvgIpc) is 3.43. The first kappa shape index (κ1) is 34.3. The van der Waals surface area contributed by atoms with Gasteiger partial charge < -0.3 is 48.9 Å². The SMILES string of the molecule is COC(=O)CBr.COC(=O)c1cc2cc(CO)c(CO)c(OC)c2o1.COc1c(O)c(C=O)cc(CO)c1CO. The van der Waals surface area contributed by atoms with Crippen LogP contribution in [0, 0.1) is 0 Å². The molecule has 40 heavy (non-hydrogen) atoms. The predicted molar refractivity (Wildman–Crippen MR) is 144 cm³/mol. The Labute approximate surface area is 237 Å². The summed E-state index contributed by atoms with van der Waals surface area (Å²) < 4.78 is 24.3. The number of carbonyl (C=O) groups is 3. The molecule has 220 valence electrons. The molecule has 0 saturated heterocycles. The molecule has 0 aliphatic rings. The fourth-order valence-electron chi connectivity index (χ4n) is 3.42. The molecule has 0 saturated carbocycles. The minimum absolute atomic E-state index is 0.0196. The van der Waals surface area contributed by atoms with Crippen molar-refractivity contribution in [3.63, 3.8) is 0 Å². The Morgan fingerprint density at radius 3 is 1.80 bits per heavy atom. The van der Waals surface area contributed by atoms with Crippen LogP contribution in [0.25, 0.3) is 11.0 Å². The van der Waals surface area contributed by atoms with E-state index in [0.29, 0.717) is 39.7 Å². The Kier molecular flexibility index (Phi) is 14.7. The van der Waals surface area contributed by atoms with Crippen molar-refractivity contribution in [2.75, 3.05) is 33.8 Å². The molecule has 13 nitrogen and oxygen atoms in total. The number of phenolic OH excluding ortho intramolecular Hbond substituents is 1. The van der Waals surface area contributed by atoms with Gasteiger partial charge in [0.2, 0.25) is 5.76 Å². The highest BCUT2D eigenvalue weighted by Crippen LogP contribution is 2.36. The third-order valence-electron chi connectivity index (χ3n) is 5.35. The number of aromatic hydroxyl groups is 1. The number of rotatable bonds is 9. The summed E-state index contributed by atoms with van der Waals surface area (Å²) in [7, 11) is 5.34. The summed E-state index contributed by atoms with van der Waals surface area (Å²) >= 11 is 2.90. The molecule has 3 rings (SSSR count). The topological polar surface area (TPSA) is 202 Å². The highest BCUT2D eigenvalue weighted by atomic mass is 79.9. The summed E-state index contributed by atoms with van der Waals surface area (Å²) in [6.07, 6.45) is 0.457. The highest BCUT2D eigenvalue weighted by molar-refractivity contribution is 9.09. The van der Waals surface area contributed by atoms with Gasteiger partial charge in [-0.25, -0.2) is 4.79 Å². The van der Waals surface area contributed by atoms with Crippen molar-refractivity contribution in [2.45, 2.75) is 26.4 Å². The van der Waals surface area contributed by atoms with Crippen molar-refractivity contribution in [2.24, 2.45) is 0 Å². The van der Waals surface area contributed by atoms with E-state index in [1.807, 2.05) is 0 Å². The van der Waals surface area contributed by atoms with Crippen LogP contribution >= 0.6 is 15.9 Å². The highest BCUT2D eigenvalue weighted by Gasteiger charge is 2.20. The number of aldehydes is 1. The first-order valence-corrected chi connectivity index (χ1v) is 12.4. The molecule has 2 aromatic carbocycles. The fraction of sp³-hybridized carbons (Fsp3) is 0.346. The van der Waals surface area contributed by atoms with E-state index in [0.717, 1.165) is 0 Å². The van der Waals surface area contributed by atoms with Gasteiger partial charge in [-0.3, -0.25) is 9.59 Å². The van der Waals surface area contributed by atoms with Crippen LogP contribution in [-0.2, 0) is 40.7 Å². The summed E-state index contributed by atoms with van der Waals surface area (Å²) in [5.74, 6) is -0.807. The smallest absolute Gasteiger partial charge is 0.373 e. The van der Waals surface area contributed by atoms with Crippen molar-refractivity contribution < 1.29 is 63.3 Å². The van der Waals surface area contributed by atoms with Crippen molar-refractivity contribution >= 4 is 45.1 Å². The quantitative estimate of drug-likeness (QED) is 0.130. The van der Waals surface area contributed by atoms with Crippen LogP contribution < -0.4 is 9.47 Å². The monoisotopic (exact) mass is 630 g/mol. The Morgan fingerprint density at radius 2 is 1.40 bits per heavy atom. The summed E-state index contributed by atoms with van der Waals surface area (Å²) in [6.45, 7) is -1.27. The largest absolute Gasteiger partial charge is 0.504 e. The molecule has 1 heterocycles. The van der Waals surface area contributed by atoms with E-state index < -0.39 is 5.97 Å². The van der Waals surface area contributed by atoms with E-state index in [2.05, 4.69) is 25.4 Å². The maximum absolute atomic E-state index is 11.4. The second-order valence-corrected chi connectivity index (χ2v) is 8.07. The number of ether oxygens (including phenoxy) is 4. The lowest BCUT2D eigenvalue weighted by Crippen LogP contribution is -2.01. The van der Waals surface area contributed by atoms with E-state index >= 15 is 0 Å². The van der Waals surface area contributed by atoms with Crippen LogP contribution in [0.3, 0.4) is 0 Å². The molecule has 0 aliphatic heterocycles. The number of alkyl halides is 1. The zero-order valence-corrected chi connectivity index (χ0v) is 23.8. The van der Waals surface area contributed by atoms with E-state index in [-0.39, 0.29) is 66.1 Å². The molecule has 5 N–H and O–H groups in total. The first-order chi connectivity index (χ1) is 19.2. The minimum Gasteiger partial charge on any atom is -0.504 e. The van der Waals surface area contributed by atoms with Gasteiger partial charge in [0.05, 0.1) is 60.4 Å². The number of furan rings is 1. The maximum Gasteiger partial charge on any atom is 0.373 e. The number of esters is 2. The van der Waals surface area contributed by atoms with Crippen LogP contribution in [0.5, 0.6) is 17.2 Å². The molecular formula is C26H31BrO13. The second kappa shape index (κ2) is 17.1. The average molecular weight is 631 g/mol. The van der Waals surface area contributed by atoms with Crippen LogP contribution in [0.4, 0.5) is 0 Å². The molecule has 14 heteroatoms. The van der Waals surface area contributed by atoms with Gasteiger partial charge in [0, 0.05) is 16.5 Å². The lowest BCUT2D eigenvalue weighted by molar-refractivity contribution is -0.137. The normalized spacial score (nSPS) is 10.0. The number of aliphatic hydroxyl groups is 4. The maximum atomic E-state index is 11.4. The van der Waals surface area contributed by atoms with Gasteiger partial charge in [0.15, 0.2) is 29.1 Å². The van der Waals surface area contributed by atoms with Crippen molar-refractivity contribution in [3.05, 3.63) is 51.8 Å². The van der Waals surface area contributed by atoms with Crippen LogP contribution in [0.1, 0.15) is 43.2 Å². The van der Waals surface area contributed by atoms with E-state index in [4.69, 9.17) is 24.1 Å². The van der Waals surface area contributed by atoms with Gasteiger partial charge >= 0.3 is 11.9 Å². The zero-order chi connectivity index (χ0) is 30.4. The number of benzene rings is 2. The number of hydrogen-bond acceptors (Lipinski definition) is 13. The predicted octanol–water partition coefficient (Wildman–Crippen LogP) is 1.96. The molecule has 0 atom stereocenters. The summed E-state index contributed by atoms with van der Waals surface area (Å²) in [6, 6.07) is 4.46. The number of halogens is 1. The standard InChI is InChI=1S/C13H14O6.C10H12O5.C3H5BrO2/c1-17-12-9(6-15)8(5-14)3-7-4-10(13(16)18-2)19-11(7)12;1-15-10-8(5-13)6(3-11)2-7(4-12)9(10)14;1-6-3(5)2-4/h3-4,14-15H,5-6H2,1-2H3;2,4,11,13-14H,3,5H2,1H3;2H2,1H3. The molecular weight excluding hydrogens is 600 g/mol. The third-order valence-corrected chi connectivity index (χ3v) is 5.81. The van der Waals surface area contributed by atoms with Crippen molar-refractivity contribution in [1.82, 2.24) is 0 Å². The van der Waals surface area contributed by atoms with Crippen LogP contribution in [0.2, 0.25) is 0 Å². The number of aliphatic hydroxyl groups excluding tert-OH is 4. The van der Waals surface area contributed by atoms with Gasteiger partial charge in [-0.1, -0.05) is 15.9 Å². The fourth-order valence-corrected chi connectivity index (χ4v) is 3.65. The summed E-state index contributed by atoms with van der Waals surface area (Å²) in [4.78, 5) is 32.0. The Hall–Kier alpha value is -3.69. The summed E-state index contributed by atoms with van der Waals surface area (Å²) in [5, 5.41) is 47.2. The van der Waals surface area contributed by atoms with E-state index in [9.17, 15) is 29.7 Å². The van der Waals surface area contributed by atoms with Crippen LogP contribution in [-0.4, -0.2) is 77.5 Å². The van der Waals surface area contributed by atoms with Crippen molar-refractivity contribution in [1.29, 1.82) is 0 Å². The third kappa shape index (κ3) is 8.16. The Bertz CT molecular complexity index is 1290. The number of methoxy groups -OCH3 is 4. The first-order valence-electron chi connectivity index (χ1n) is 11.3. The number of carbonyl (C=O) groups excluding carboxylic acids is 3. The lowest BCUT2D eigenvalue weighted by Gasteiger charge is -2.13. The molecule has 0 bridgehead atoms. The molecule has 1 aromatic heterocycles. The molecule has 0 amide bonds. The van der Waals surface area contributed by atoms with E-state index in [1.54, 1.807) is 6.07 Å². The molecule has 3 aromatic rings. The van der Waals surface area contributed by atoms with Gasteiger partial charge in [0.25, 0.3) is 0 Å². The number of hydrogen-bond donors (Lipinski definition) is 5. The molecule has 0 radical (unpaired) electrons. The molecule has 0 fully saturated rings. The van der Waals surface area contributed by atoms with Crippen LogP contribution in [0.15, 0.2) is 22.6 Å². The van der Waals surface area contributed by atoms with Crippen molar-refractivity contribution in [3.8, 4) is 17.2 Å². The summed E-state index contributed by atoms with van der Waals surface area (Å²) in [5.41, 5.74) is 1.95. The van der Waals surface area contributed by atoms with Gasteiger partial charge in [-0.15, -0.1) is 0 Å². The second-order valence-electron chi connectivity index (χ2n) is 7.51. The number of phenols is 1.